The van der Waals surface area contributed by atoms with Gasteiger partial charge in [0.2, 0.25) is 5.91 Å². The number of amides is 1. The van der Waals surface area contributed by atoms with Crippen molar-refractivity contribution in [3.05, 3.63) is 12.7 Å². The Morgan fingerprint density at radius 3 is 2.59 bits per heavy atom. The van der Waals surface area contributed by atoms with Gasteiger partial charge in [-0.15, -0.1) is 6.58 Å². The predicted molar refractivity (Wildman–Crippen MR) is 65.5 cm³/mol. The minimum absolute atomic E-state index is 0.131. The molecule has 0 aliphatic carbocycles. The summed E-state index contributed by atoms with van der Waals surface area (Å²) in [6.07, 6.45) is 1.90. The Balaban J connectivity index is 1.83. The molecule has 0 radical (unpaired) electrons. The van der Waals surface area contributed by atoms with E-state index in [9.17, 15) is 4.79 Å². The molecule has 0 bridgehead atoms. The Labute approximate surface area is 102 Å². The zero-order chi connectivity index (χ0) is 12.3. The molecule has 0 spiro atoms. The summed E-state index contributed by atoms with van der Waals surface area (Å²) in [6.45, 7) is 9.02. The van der Waals surface area contributed by atoms with Crippen LogP contribution in [0.15, 0.2) is 12.7 Å². The molecule has 2 aliphatic heterocycles. The SMILES string of the molecule is C=CCN1CCN(C(=O)C2COCC2N)CC1. The number of hydrogen-bond donors (Lipinski definition) is 1. The standard InChI is InChI=1S/C12H21N3O2/c1-2-3-14-4-6-15(7-5-14)12(16)10-8-17-9-11(10)13/h2,10-11H,1,3-9,13H2. The molecule has 17 heavy (non-hydrogen) atoms. The van der Waals surface area contributed by atoms with Crippen LogP contribution in [0.3, 0.4) is 0 Å². The molecule has 0 saturated carbocycles. The van der Waals surface area contributed by atoms with Gasteiger partial charge in [0.1, 0.15) is 0 Å². The lowest BCUT2D eigenvalue weighted by molar-refractivity contribution is -0.137. The molecule has 2 heterocycles. The Kier molecular flexibility index (Phi) is 4.15. The van der Waals surface area contributed by atoms with Gasteiger partial charge >= 0.3 is 0 Å². The number of piperazine rings is 1. The fourth-order valence-electron chi connectivity index (χ4n) is 2.39. The topological polar surface area (TPSA) is 58.8 Å². The van der Waals surface area contributed by atoms with Crippen LogP contribution < -0.4 is 5.73 Å². The highest BCUT2D eigenvalue weighted by Gasteiger charge is 2.35. The number of ether oxygens (including phenoxy) is 1. The molecule has 2 saturated heterocycles. The van der Waals surface area contributed by atoms with Crippen LogP contribution in [0.2, 0.25) is 0 Å². The van der Waals surface area contributed by atoms with Crippen LogP contribution in [0.1, 0.15) is 0 Å². The van der Waals surface area contributed by atoms with E-state index in [1.807, 2.05) is 11.0 Å². The Morgan fingerprint density at radius 1 is 1.35 bits per heavy atom. The van der Waals surface area contributed by atoms with E-state index in [0.29, 0.717) is 13.2 Å². The van der Waals surface area contributed by atoms with Crippen molar-refractivity contribution in [1.82, 2.24) is 9.80 Å². The highest BCUT2D eigenvalue weighted by Crippen LogP contribution is 2.16. The van der Waals surface area contributed by atoms with Gasteiger partial charge in [0.15, 0.2) is 0 Å². The molecule has 5 nitrogen and oxygen atoms in total. The molecular formula is C12H21N3O2. The van der Waals surface area contributed by atoms with Gasteiger partial charge in [-0.2, -0.15) is 0 Å². The molecule has 0 aromatic carbocycles. The predicted octanol–water partition coefficient (Wildman–Crippen LogP) is -0.710. The van der Waals surface area contributed by atoms with E-state index in [1.165, 1.54) is 0 Å². The molecular weight excluding hydrogens is 218 g/mol. The second kappa shape index (κ2) is 5.62. The largest absolute Gasteiger partial charge is 0.379 e. The van der Waals surface area contributed by atoms with E-state index in [0.717, 1.165) is 32.7 Å². The number of nitrogens with zero attached hydrogens (tertiary/aromatic N) is 2. The average Bonchev–Trinajstić information content (AvgIpc) is 2.76. The third-order valence-electron chi connectivity index (χ3n) is 3.51. The molecule has 1 amide bonds. The van der Waals surface area contributed by atoms with Gasteiger partial charge in [-0.05, 0) is 0 Å². The second-order valence-electron chi connectivity index (χ2n) is 4.72. The van der Waals surface area contributed by atoms with Gasteiger partial charge in [-0.3, -0.25) is 9.69 Å². The molecule has 2 aliphatic rings. The van der Waals surface area contributed by atoms with Crippen molar-refractivity contribution in [2.24, 2.45) is 11.7 Å². The lowest BCUT2D eigenvalue weighted by Crippen LogP contribution is -2.52. The number of rotatable bonds is 3. The molecule has 2 N–H and O–H groups in total. The smallest absolute Gasteiger partial charge is 0.229 e. The van der Waals surface area contributed by atoms with Crippen molar-refractivity contribution in [3.8, 4) is 0 Å². The lowest BCUT2D eigenvalue weighted by Gasteiger charge is -2.35. The normalized spacial score (nSPS) is 30.5. The van der Waals surface area contributed by atoms with Crippen LogP contribution in [0.5, 0.6) is 0 Å². The summed E-state index contributed by atoms with van der Waals surface area (Å²) in [4.78, 5) is 16.4. The summed E-state index contributed by atoms with van der Waals surface area (Å²) < 4.78 is 5.24. The summed E-state index contributed by atoms with van der Waals surface area (Å²) in [6, 6.07) is -0.131. The molecule has 2 fully saturated rings. The van der Waals surface area contributed by atoms with E-state index in [-0.39, 0.29) is 17.9 Å². The number of carbonyl (C=O) groups excluding carboxylic acids is 1. The fraction of sp³-hybridized carbons (Fsp3) is 0.750. The van der Waals surface area contributed by atoms with Crippen molar-refractivity contribution in [2.45, 2.75) is 6.04 Å². The van der Waals surface area contributed by atoms with Crippen molar-refractivity contribution < 1.29 is 9.53 Å². The van der Waals surface area contributed by atoms with Gasteiger partial charge < -0.3 is 15.4 Å². The summed E-state index contributed by atoms with van der Waals surface area (Å²) in [5, 5.41) is 0. The van der Waals surface area contributed by atoms with Crippen LogP contribution in [-0.2, 0) is 9.53 Å². The first kappa shape index (κ1) is 12.5. The van der Waals surface area contributed by atoms with Gasteiger partial charge in [0, 0.05) is 38.8 Å². The zero-order valence-electron chi connectivity index (χ0n) is 10.2. The summed E-state index contributed by atoms with van der Waals surface area (Å²) in [5.41, 5.74) is 5.87. The molecule has 96 valence electrons. The van der Waals surface area contributed by atoms with Gasteiger partial charge in [-0.25, -0.2) is 0 Å². The number of nitrogens with two attached hydrogens (primary N) is 1. The van der Waals surface area contributed by atoms with Gasteiger partial charge in [0.05, 0.1) is 19.1 Å². The highest BCUT2D eigenvalue weighted by atomic mass is 16.5. The average molecular weight is 239 g/mol. The second-order valence-corrected chi connectivity index (χ2v) is 4.72. The molecule has 0 aromatic rings. The Bertz CT molecular complexity index is 287. The summed E-state index contributed by atoms with van der Waals surface area (Å²) in [5.74, 6) is 0.0224. The lowest BCUT2D eigenvalue weighted by atomic mass is 10.0. The maximum atomic E-state index is 12.2. The molecule has 0 aromatic heterocycles. The highest BCUT2D eigenvalue weighted by molar-refractivity contribution is 5.80. The first-order chi connectivity index (χ1) is 8.22. The minimum atomic E-state index is -0.138. The van der Waals surface area contributed by atoms with Crippen LogP contribution in [-0.4, -0.2) is 67.7 Å². The van der Waals surface area contributed by atoms with Crippen molar-refractivity contribution >= 4 is 5.91 Å². The zero-order valence-corrected chi connectivity index (χ0v) is 10.2. The Morgan fingerprint density at radius 2 is 2.06 bits per heavy atom. The minimum Gasteiger partial charge on any atom is -0.379 e. The third-order valence-corrected chi connectivity index (χ3v) is 3.51. The quantitative estimate of drug-likeness (QED) is 0.661. The van der Waals surface area contributed by atoms with Gasteiger partial charge in [-0.1, -0.05) is 6.08 Å². The maximum Gasteiger partial charge on any atom is 0.229 e. The number of carbonyl (C=O) groups is 1. The van der Waals surface area contributed by atoms with Crippen LogP contribution in [0.4, 0.5) is 0 Å². The number of hydrogen-bond acceptors (Lipinski definition) is 4. The third kappa shape index (κ3) is 2.86. The first-order valence-corrected chi connectivity index (χ1v) is 6.17. The van der Waals surface area contributed by atoms with Crippen molar-refractivity contribution in [3.63, 3.8) is 0 Å². The Hall–Kier alpha value is -0.910. The van der Waals surface area contributed by atoms with Gasteiger partial charge in [0.25, 0.3) is 0 Å². The van der Waals surface area contributed by atoms with E-state index in [2.05, 4.69) is 11.5 Å². The maximum absolute atomic E-state index is 12.2. The summed E-state index contributed by atoms with van der Waals surface area (Å²) >= 11 is 0. The molecule has 2 rings (SSSR count). The van der Waals surface area contributed by atoms with Crippen LogP contribution in [0.25, 0.3) is 0 Å². The monoisotopic (exact) mass is 239 g/mol. The van der Waals surface area contributed by atoms with Crippen molar-refractivity contribution in [1.29, 1.82) is 0 Å². The van der Waals surface area contributed by atoms with Crippen molar-refractivity contribution in [2.75, 3.05) is 45.9 Å². The van der Waals surface area contributed by atoms with E-state index < -0.39 is 0 Å². The van der Waals surface area contributed by atoms with Crippen LogP contribution >= 0.6 is 0 Å². The molecule has 5 heteroatoms. The molecule has 2 unspecified atom stereocenters. The van der Waals surface area contributed by atoms with E-state index in [4.69, 9.17) is 10.5 Å². The van der Waals surface area contributed by atoms with Crippen LogP contribution in [0, 0.1) is 5.92 Å². The first-order valence-electron chi connectivity index (χ1n) is 6.17. The fourth-order valence-corrected chi connectivity index (χ4v) is 2.39. The molecule has 2 atom stereocenters. The van der Waals surface area contributed by atoms with E-state index in [1.54, 1.807) is 0 Å². The van der Waals surface area contributed by atoms with E-state index >= 15 is 0 Å². The summed E-state index contributed by atoms with van der Waals surface area (Å²) in [7, 11) is 0.